The number of rotatable bonds is 6. The average molecular weight is 198 g/mol. The highest BCUT2D eigenvalue weighted by Gasteiger charge is 2.31. The minimum atomic E-state index is 0.217. The maximum atomic E-state index is 5.40. The molecule has 1 aliphatic heterocycles. The summed E-state index contributed by atoms with van der Waals surface area (Å²) in [6.45, 7) is 8.18. The van der Waals surface area contributed by atoms with Gasteiger partial charge < -0.3 is 9.47 Å². The van der Waals surface area contributed by atoms with E-state index in [2.05, 4.69) is 13.5 Å². The van der Waals surface area contributed by atoms with Crippen LogP contribution in [-0.2, 0) is 9.47 Å². The SMILES string of the molecule is C=CCC1(CCCCC)COCOC1. The van der Waals surface area contributed by atoms with E-state index in [1.807, 2.05) is 6.08 Å². The fourth-order valence-corrected chi connectivity index (χ4v) is 2.04. The van der Waals surface area contributed by atoms with Crippen molar-refractivity contribution in [3.05, 3.63) is 12.7 Å². The number of hydrogen-bond acceptors (Lipinski definition) is 2. The highest BCUT2D eigenvalue weighted by Crippen LogP contribution is 2.32. The van der Waals surface area contributed by atoms with E-state index in [4.69, 9.17) is 9.47 Å². The first kappa shape index (κ1) is 11.7. The second-order valence-electron chi connectivity index (χ2n) is 4.26. The van der Waals surface area contributed by atoms with Gasteiger partial charge in [0.25, 0.3) is 0 Å². The van der Waals surface area contributed by atoms with E-state index in [1.165, 1.54) is 25.7 Å². The molecular weight excluding hydrogens is 176 g/mol. The molecule has 14 heavy (non-hydrogen) atoms. The lowest BCUT2D eigenvalue weighted by Gasteiger charge is -2.36. The third-order valence-corrected chi connectivity index (χ3v) is 2.87. The fourth-order valence-electron chi connectivity index (χ4n) is 2.04. The summed E-state index contributed by atoms with van der Waals surface area (Å²) < 4.78 is 10.8. The molecule has 0 saturated carbocycles. The summed E-state index contributed by atoms with van der Waals surface area (Å²) in [5.41, 5.74) is 0.217. The molecule has 0 unspecified atom stereocenters. The third-order valence-electron chi connectivity index (χ3n) is 2.87. The number of unbranched alkanes of at least 4 members (excludes halogenated alkanes) is 2. The molecule has 0 bridgehead atoms. The van der Waals surface area contributed by atoms with Crippen LogP contribution in [0.5, 0.6) is 0 Å². The van der Waals surface area contributed by atoms with Crippen molar-refractivity contribution in [2.24, 2.45) is 5.41 Å². The Morgan fingerprint density at radius 3 is 2.57 bits per heavy atom. The van der Waals surface area contributed by atoms with E-state index in [0.717, 1.165) is 19.6 Å². The average Bonchev–Trinajstić information content (AvgIpc) is 2.20. The molecule has 0 aromatic rings. The summed E-state index contributed by atoms with van der Waals surface area (Å²) in [5.74, 6) is 0. The molecule has 0 aromatic heterocycles. The lowest BCUT2D eigenvalue weighted by molar-refractivity contribution is -0.166. The largest absolute Gasteiger partial charge is 0.355 e. The smallest absolute Gasteiger partial charge is 0.146 e. The van der Waals surface area contributed by atoms with E-state index in [-0.39, 0.29) is 5.41 Å². The molecule has 1 aliphatic rings. The molecule has 1 heterocycles. The van der Waals surface area contributed by atoms with E-state index in [0.29, 0.717) is 6.79 Å². The van der Waals surface area contributed by atoms with Crippen LogP contribution in [0.3, 0.4) is 0 Å². The van der Waals surface area contributed by atoms with Crippen LogP contribution in [0, 0.1) is 5.41 Å². The van der Waals surface area contributed by atoms with Gasteiger partial charge in [0, 0.05) is 5.41 Å². The fraction of sp³-hybridized carbons (Fsp3) is 0.833. The van der Waals surface area contributed by atoms with Gasteiger partial charge in [-0.3, -0.25) is 0 Å². The van der Waals surface area contributed by atoms with Crippen LogP contribution in [0.25, 0.3) is 0 Å². The molecule has 0 radical (unpaired) electrons. The van der Waals surface area contributed by atoms with Crippen molar-refractivity contribution < 1.29 is 9.47 Å². The van der Waals surface area contributed by atoms with E-state index in [1.54, 1.807) is 0 Å². The van der Waals surface area contributed by atoms with E-state index in [9.17, 15) is 0 Å². The summed E-state index contributed by atoms with van der Waals surface area (Å²) >= 11 is 0. The molecule has 1 fully saturated rings. The highest BCUT2D eigenvalue weighted by atomic mass is 16.7. The summed E-state index contributed by atoms with van der Waals surface area (Å²) in [6, 6.07) is 0. The predicted octanol–water partition coefficient (Wildman–Crippen LogP) is 3.13. The zero-order valence-electron chi connectivity index (χ0n) is 9.26. The molecule has 0 N–H and O–H groups in total. The Morgan fingerprint density at radius 1 is 1.29 bits per heavy atom. The van der Waals surface area contributed by atoms with Crippen LogP contribution >= 0.6 is 0 Å². The topological polar surface area (TPSA) is 18.5 Å². The minimum absolute atomic E-state index is 0.217. The van der Waals surface area contributed by atoms with Gasteiger partial charge in [-0.15, -0.1) is 6.58 Å². The molecule has 0 spiro atoms. The molecular formula is C12H22O2. The van der Waals surface area contributed by atoms with Crippen molar-refractivity contribution in [2.75, 3.05) is 20.0 Å². The molecule has 0 atom stereocenters. The lowest BCUT2D eigenvalue weighted by Crippen LogP contribution is -2.37. The van der Waals surface area contributed by atoms with Crippen LogP contribution in [0.15, 0.2) is 12.7 Å². The van der Waals surface area contributed by atoms with Gasteiger partial charge in [0.1, 0.15) is 6.79 Å². The summed E-state index contributed by atoms with van der Waals surface area (Å²) in [7, 11) is 0. The Balaban J connectivity index is 2.38. The van der Waals surface area contributed by atoms with Crippen LogP contribution < -0.4 is 0 Å². The zero-order chi connectivity index (χ0) is 10.3. The van der Waals surface area contributed by atoms with Crippen molar-refractivity contribution >= 4 is 0 Å². The zero-order valence-corrected chi connectivity index (χ0v) is 9.26. The number of hydrogen-bond donors (Lipinski definition) is 0. The van der Waals surface area contributed by atoms with Crippen LogP contribution in [0.4, 0.5) is 0 Å². The summed E-state index contributed by atoms with van der Waals surface area (Å²) in [5, 5.41) is 0. The molecule has 0 aliphatic carbocycles. The minimum Gasteiger partial charge on any atom is -0.355 e. The molecule has 0 aromatic carbocycles. The van der Waals surface area contributed by atoms with Crippen molar-refractivity contribution in [3.63, 3.8) is 0 Å². The summed E-state index contributed by atoms with van der Waals surface area (Å²) in [4.78, 5) is 0. The first-order chi connectivity index (χ1) is 6.83. The molecule has 0 amide bonds. The van der Waals surface area contributed by atoms with Crippen LogP contribution in [0.2, 0.25) is 0 Å². The van der Waals surface area contributed by atoms with Gasteiger partial charge in [0.15, 0.2) is 0 Å². The van der Waals surface area contributed by atoms with Crippen LogP contribution in [-0.4, -0.2) is 20.0 Å². The van der Waals surface area contributed by atoms with Crippen molar-refractivity contribution in [1.29, 1.82) is 0 Å². The van der Waals surface area contributed by atoms with Gasteiger partial charge in [-0.1, -0.05) is 32.3 Å². The van der Waals surface area contributed by atoms with Gasteiger partial charge >= 0.3 is 0 Å². The van der Waals surface area contributed by atoms with Gasteiger partial charge in [0.2, 0.25) is 0 Å². The Bertz CT molecular complexity index is 160. The van der Waals surface area contributed by atoms with Gasteiger partial charge in [-0.05, 0) is 12.8 Å². The maximum absolute atomic E-state index is 5.40. The molecule has 1 rings (SSSR count). The van der Waals surface area contributed by atoms with Crippen LogP contribution in [0.1, 0.15) is 39.0 Å². The molecule has 2 heteroatoms. The maximum Gasteiger partial charge on any atom is 0.146 e. The van der Waals surface area contributed by atoms with E-state index < -0.39 is 0 Å². The Labute approximate surface area is 87.3 Å². The second kappa shape index (κ2) is 6.20. The molecule has 1 saturated heterocycles. The molecule has 82 valence electrons. The van der Waals surface area contributed by atoms with Crippen molar-refractivity contribution in [3.8, 4) is 0 Å². The summed E-state index contributed by atoms with van der Waals surface area (Å²) in [6.07, 6.45) is 8.05. The van der Waals surface area contributed by atoms with E-state index >= 15 is 0 Å². The lowest BCUT2D eigenvalue weighted by atomic mass is 9.80. The first-order valence-corrected chi connectivity index (χ1v) is 5.59. The van der Waals surface area contributed by atoms with Crippen molar-refractivity contribution in [1.82, 2.24) is 0 Å². The quantitative estimate of drug-likeness (QED) is 0.482. The standard InChI is InChI=1S/C12H22O2/c1-3-5-6-8-12(7-4-2)9-13-11-14-10-12/h4H,2-3,5-11H2,1H3. The number of allylic oxidation sites excluding steroid dienone is 1. The highest BCUT2D eigenvalue weighted by molar-refractivity contribution is 4.87. The normalized spacial score (nSPS) is 20.6. The Morgan fingerprint density at radius 2 is 2.00 bits per heavy atom. The molecule has 2 nitrogen and oxygen atoms in total. The monoisotopic (exact) mass is 198 g/mol. The Kier molecular flexibility index (Phi) is 5.20. The Hall–Kier alpha value is -0.340. The van der Waals surface area contributed by atoms with Gasteiger partial charge in [-0.25, -0.2) is 0 Å². The van der Waals surface area contributed by atoms with Gasteiger partial charge in [0.05, 0.1) is 13.2 Å². The first-order valence-electron chi connectivity index (χ1n) is 5.59. The number of ether oxygens (including phenoxy) is 2. The third kappa shape index (κ3) is 3.43. The van der Waals surface area contributed by atoms with Gasteiger partial charge in [-0.2, -0.15) is 0 Å². The second-order valence-corrected chi connectivity index (χ2v) is 4.26. The van der Waals surface area contributed by atoms with Crippen molar-refractivity contribution in [2.45, 2.75) is 39.0 Å². The predicted molar refractivity (Wildman–Crippen MR) is 58.2 cm³/mol.